The smallest absolute Gasteiger partial charge is 0.131 e. The van der Waals surface area contributed by atoms with Crippen molar-refractivity contribution in [1.29, 1.82) is 4.78 Å². The minimum atomic E-state index is -1.61. The van der Waals surface area contributed by atoms with E-state index in [0.717, 1.165) is 33.5 Å². The summed E-state index contributed by atoms with van der Waals surface area (Å²) in [5.41, 5.74) is 2.65. The van der Waals surface area contributed by atoms with Crippen LogP contribution < -0.4 is 9.47 Å². The molecule has 0 bridgehead atoms. The van der Waals surface area contributed by atoms with Crippen molar-refractivity contribution in [2.75, 3.05) is 7.11 Å². The summed E-state index contributed by atoms with van der Waals surface area (Å²) in [7, 11) is 0.0167. The molecule has 1 N–H and O–H groups in total. The van der Waals surface area contributed by atoms with Gasteiger partial charge < -0.3 is 18.5 Å². The van der Waals surface area contributed by atoms with Crippen LogP contribution in [0.25, 0.3) is 10.9 Å². The van der Waals surface area contributed by atoms with Crippen molar-refractivity contribution in [2.24, 2.45) is 0 Å². The SMILES string of the molecule is COc1ccc2c(O[C@H](C)c3cccc(C[S-](=N)=O)c3)ccnc2c1. The van der Waals surface area contributed by atoms with E-state index in [-0.39, 0.29) is 11.9 Å². The summed E-state index contributed by atoms with van der Waals surface area (Å²) < 4.78 is 29.7. The molecule has 1 atom stereocenters. The zero-order valence-electron chi connectivity index (χ0n) is 14.1. The first-order chi connectivity index (χ1) is 12.1. The second kappa shape index (κ2) is 7.53. The molecular weight excluding hydrogens is 336 g/mol. The molecule has 3 aromatic rings. The minimum Gasteiger partial charge on any atom is -0.497 e. The molecule has 0 spiro atoms. The van der Waals surface area contributed by atoms with Crippen LogP contribution in [0.3, 0.4) is 0 Å². The van der Waals surface area contributed by atoms with Crippen molar-refractivity contribution in [1.82, 2.24) is 4.98 Å². The number of fused-ring (bicyclic) bond motifs is 1. The molecule has 1 heterocycles. The Morgan fingerprint density at radius 3 is 2.80 bits per heavy atom. The first-order valence-corrected chi connectivity index (χ1v) is 9.16. The van der Waals surface area contributed by atoms with Gasteiger partial charge in [0.05, 0.1) is 12.6 Å². The number of aromatic nitrogens is 1. The second-order valence-corrected chi connectivity index (χ2v) is 6.67. The number of methoxy groups -OCH3 is 1. The van der Waals surface area contributed by atoms with Gasteiger partial charge in [-0.25, -0.2) is 0 Å². The van der Waals surface area contributed by atoms with Crippen LogP contribution in [0.1, 0.15) is 24.2 Å². The number of nitrogens with one attached hydrogen (secondary N) is 1. The molecule has 130 valence electrons. The molecule has 0 aliphatic rings. The molecule has 1 aromatic heterocycles. The lowest BCUT2D eigenvalue weighted by molar-refractivity contribution is 0.229. The highest BCUT2D eigenvalue weighted by atomic mass is 32.2. The quantitative estimate of drug-likeness (QED) is 0.655. The van der Waals surface area contributed by atoms with Gasteiger partial charge in [-0.05, 0) is 30.7 Å². The number of hydrogen-bond acceptors (Lipinski definition) is 6. The van der Waals surface area contributed by atoms with Crippen LogP contribution in [0.4, 0.5) is 0 Å². The second-order valence-electron chi connectivity index (χ2n) is 5.69. The molecule has 3 rings (SSSR count). The van der Waals surface area contributed by atoms with Gasteiger partial charge in [-0.2, -0.15) is 10.6 Å². The van der Waals surface area contributed by atoms with E-state index in [4.69, 9.17) is 14.3 Å². The van der Waals surface area contributed by atoms with E-state index in [9.17, 15) is 4.21 Å². The Morgan fingerprint density at radius 1 is 1.20 bits per heavy atom. The van der Waals surface area contributed by atoms with Gasteiger partial charge >= 0.3 is 0 Å². The fraction of sp³-hybridized carbons (Fsp3) is 0.211. The van der Waals surface area contributed by atoms with E-state index in [2.05, 4.69) is 4.98 Å². The third kappa shape index (κ3) is 4.09. The molecule has 25 heavy (non-hydrogen) atoms. The molecule has 0 amide bonds. The maximum absolute atomic E-state index is 11.1. The molecule has 5 nitrogen and oxygen atoms in total. The Bertz CT molecular complexity index is 962. The molecule has 0 saturated carbocycles. The number of nitrogens with zero attached hydrogens (tertiary/aromatic N) is 1. The number of benzene rings is 2. The van der Waals surface area contributed by atoms with Crippen molar-refractivity contribution in [3.8, 4) is 11.5 Å². The lowest BCUT2D eigenvalue weighted by Gasteiger charge is -2.17. The van der Waals surface area contributed by atoms with Crippen LogP contribution in [0.15, 0.2) is 54.7 Å². The molecule has 0 radical (unpaired) electrons. The molecule has 0 aliphatic heterocycles. The lowest BCUT2D eigenvalue weighted by atomic mass is 10.1. The van der Waals surface area contributed by atoms with Crippen LogP contribution in [0, 0.1) is 4.78 Å². The lowest BCUT2D eigenvalue weighted by Crippen LogP contribution is -2.04. The normalized spacial score (nSPS) is 12.3. The summed E-state index contributed by atoms with van der Waals surface area (Å²) in [5, 5.41) is 0.915. The van der Waals surface area contributed by atoms with Gasteiger partial charge in [0.25, 0.3) is 0 Å². The van der Waals surface area contributed by atoms with Crippen LogP contribution in [0.2, 0.25) is 0 Å². The van der Waals surface area contributed by atoms with E-state index >= 15 is 0 Å². The Labute approximate surface area is 148 Å². The fourth-order valence-electron chi connectivity index (χ4n) is 2.68. The molecule has 0 unspecified atom stereocenters. The van der Waals surface area contributed by atoms with E-state index in [1.807, 2.05) is 55.5 Å². The van der Waals surface area contributed by atoms with E-state index in [1.165, 1.54) is 0 Å². The van der Waals surface area contributed by atoms with Crippen LogP contribution >= 0.6 is 0 Å². The molecule has 0 saturated heterocycles. The first kappa shape index (κ1) is 17.2. The highest BCUT2D eigenvalue weighted by Gasteiger charge is 2.11. The molecule has 0 fully saturated rings. The predicted octanol–water partition coefficient (Wildman–Crippen LogP) is 4.61. The third-order valence-corrected chi connectivity index (χ3v) is 4.53. The van der Waals surface area contributed by atoms with Gasteiger partial charge in [-0.3, -0.25) is 4.98 Å². The highest BCUT2D eigenvalue weighted by Crippen LogP contribution is 2.30. The Hall–Kier alpha value is -2.60. The number of hydrogen-bond donors (Lipinski definition) is 1. The summed E-state index contributed by atoms with van der Waals surface area (Å²) in [6, 6.07) is 15.2. The highest BCUT2D eigenvalue weighted by molar-refractivity contribution is 7.72. The van der Waals surface area contributed by atoms with Crippen molar-refractivity contribution < 1.29 is 13.7 Å². The largest absolute Gasteiger partial charge is 0.497 e. The van der Waals surface area contributed by atoms with Crippen LogP contribution in [-0.4, -0.2) is 12.1 Å². The third-order valence-electron chi connectivity index (χ3n) is 3.93. The van der Waals surface area contributed by atoms with Crippen molar-refractivity contribution in [2.45, 2.75) is 18.8 Å². The molecule has 6 heteroatoms. The molecule has 0 aliphatic carbocycles. The Morgan fingerprint density at radius 2 is 2.04 bits per heavy atom. The average Bonchev–Trinajstić information content (AvgIpc) is 2.61. The van der Waals surface area contributed by atoms with Gasteiger partial charge in [-0.15, -0.1) is 0 Å². The number of ether oxygens (including phenoxy) is 2. The van der Waals surface area contributed by atoms with E-state index in [1.54, 1.807) is 13.3 Å². The monoisotopic (exact) mass is 355 g/mol. The fourth-order valence-corrected chi connectivity index (χ4v) is 3.16. The maximum atomic E-state index is 11.1. The van der Waals surface area contributed by atoms with Crippen LogP contribution in [0.5, 0.6) is 11.5 Å². The van der Waals surface area contributed by atoms with Gasteiger partial charge in [0.1, 0.15) is 17.6 Å². The zero-order chi connectivity index (χ0) is 17.8. The minimum absolute atomic E-state index is 0.188. The molecule has 2 aromatic carbocycles. The molecular formula is C19H19N2O3S-. The van der Waals surface area contributed by atoms with Crippen LogP contribution in [-0.2, 0) is 20.6 Å². The topological polar surface area (TPSA) is 72.3 Å². The Balaban J connectivity index is 1.88. The van der Waals surface area contributed by atoms with Crippen molar-refractivity contribution in [3.05, 3.63) is 65.9 Å². The van der Waals surface area contributed by atoms with Gasteiger partial charge in [0.2, 0.25) is 0 Å². The average molecular weight is 355 g/mol. The number of pyridine rings is 1. The van der Waals surface area contributed by atoms with Gasteiger partial charge in [0, 0.05) is 17.6 Å². The summed E-state index contributed by atoms with van der Waals surface area (Å²) >= 11 is 0. The first-order valence-electron chi connectivity index (χ1n) is 7.84. The standard InChI is InChI=1S/C19H19N2O3S/c1-13(15-5-3-4-14(10-15)12-25(20)22)24-19-8-9-21-18-11-16(23-2)6-7-17(18)19/h3-11,13,20H,12H2,1-2H3/q-1/t13-/m1/s1. The van der Waals surface area contributed by atoms with E-state index in [0.29, 0.717) is 0 Å². The zero-order valence-corrected chi connectivity index (χ0v) is 14.9. The predicted molar refractivity (Wildman–Crippen MR) is 98.3 cm³/mol. The summed E-state index contributed by atoms with van der Waals surface area (Å²) in [5.74, 6) is 1.72. The maximum Gasteiger partial charge on any atom is 0.131 e. The van der Waals surface area contributed by atoms with Gasteiger partial charge in [-0.1, -0.05) is 35.6 Å². The Kier molecular flexibility index (Phi) is 5.19. The van der Waals surface area contributed by atoms with E-state index < -0.39 is 10.6 Å². The van der Waals surface area contributed by atoms with Crippen molar-refractivity contribution >= 4 is 21.5 Å². The summed E-state index contributed by atoms with van der Waals surface area (Å²) in [6.45, 7) is 1.96. The summed E-state index contributed by atoms with van der Waals surface area (Å²) in [6.07, 6.45) is 1.52. The number of rotatable bonds is 6. The van der Waals surface area contributed by atoms with Gasteiger partial charge in [0.15, 0.2) is 0 Å². The van der Waals surface area contributed by atoms with Crippen molar-refractivity contribution in [3.63, 3.8) is 0 Å². The summed E-state index contributed by atoms with van der Waals surface area (Å²) in [4.78, 5) is 4.36.